The molecule has 0 unspecified atom stereocenters. The number of hydrogen-bond donors (Lipinski definition) is 0. The van der Waals surface area contributed by atoms with Gasteiger partial charge in [-0.05, 0) is 6.07 Å². The molecule has 0 amide bonds. The Bertz CT molecular complexity index is 487. The Hall–Kier alpha value is 0.620. The Morgan fingerprint density at radius 3 is 2.05 bits per heavy atom. The third-order valence-corrected chi connectivity index (χ3v) is 4.55. The lowest BCUT2D eigenvalue weighted by Crippen LogP contribution is -2.06. The van der Waals surface area contributed by atoms with E-state index in [1.165, 1.54) is 12.1 Å². The number of halogens is 5. The van der Waals surface area contributed by atoms with Crippen molar-refractivity contribution >= 4 is 65.8 Å². The molecular weight excluding hydrogens is 392 g/mol. The van der Waals surface area contributed by atoms with Crippen LogP contribution in [0.3, 0.4) is 0 Å². The average molecular weight is 402 g/mol. The van der Waals surface area contributed by atoms with Gasteiger partial charge in [0.25, 0.3) is 0 Å². The van der Waals surface area contributed by atoms with E-state index in [2.05, 4.69) is 0 Å². The van der Waals surface area contributed by atoms with E-state index >= 15 is 0 Å². The standard InChI is InChI=1S/C10H10Cl5O4P/c11-1-3-17-20(16,18-4-2-12)19-9-6-7(13)5-8(14)10(9)15/h5-6H,1-4H2. The Kier molecular flexibility index (Phi) is 8.32. The third-order valence-electron chi connectivity index (χ3n) is 1.82. The van der Waals surface area contributed by atoms with E-state index in [0.717, 1.165) is 0 Å². The molecule has 1 aromatic rings. The van der Waals surface area contributed by atoms with Gasteiger partial charge in [-0.1, -0.05) is 34.8 Å². The quantitative estimate of drug-likeness (QED) is 0.320. The molecule has 0 aliphatic carbocycles. The molecule has 20 heavy (non-hydrogen) atoms. The molecule has 0 heterocycles. The van der Waals surface area contributed by atoms with Crippen molar-refractivity contribution in [1.82, 2.24) is 0 Å². The highest BCUT2D eigenvalue weighted by Crippen LogP contribution is 2.52. The van der Waals surface area contributed by atoms with Crippen molar-refractivity contribution in [3.8, 4) is 5.75 Å². The van der Waals surface area contributed by atoms with Crippen molar-refractivity contribution in [2.75, 3.05) is 25.0 Å². The topological polar surface area (TPSA) is 44.8 Å². The molecule has 0 N–H and O–H groups in total. The first kappa shape index (κ1) is 18.7. The maximum Gasteiger partial charge on any atom is 0.530 e. The Morgan fingerprint density at radius 2 is 1.55 bits per heavy atom. The van der Waals surface area contributed by atoms with Gasteiger partial charge in [0, 0.05) is 22.8 Å². The van der Waals surface area contributed by atoms with Gasteiger partial charge in [-0.3, -0.25) is 9.05 Å². The number of phosphoric acid groups is 1. The van der Waals surface area contributed by atoms with Gasteiger partial charge in [0.05, 0.1) is 18.2 Å². The molecule has 114 valence electrons. The van der Waals surface area contributed by atoms with Crippen molar-refractivity contribution in [1.29, 1.82) is 0 Å². The highest BCUT2D eigenvalue weighted by atomic mass is 35.5. The van der Waals surface area contributed by atoms with Crippen molar-refractivity contribution in [2.24, 2.45) is 0 Å². The van der Waals surface area contributed by atoms with Crippen LogP contribution in [0.15, 0.2) is 12.1 Å². The summed E-state index contributed by atoms with van der Waals surface area (Å²) in [5.74, 6) is 0.208. The molecule has 0 aliphatic heterocycles. The predicted molar refractivity (Wildman–Crippen MR) is 83.1 cm³/mol. The van der Waals surface area contributed by atoms with E-state index in [-0.39, 0.29) is 45.8 Å². The SMILES string of the molecule is O=P(OCCCl)(OCCCl)Oc1cc(Cl)cc(Cl)c1Cl. The van der Waals surface area contributed by atoms with Gasteiger partial charge in [-0.25, -0.2) is 4.57 Å². The average Bonchev–Trinajstić information content (AvgIpc) is 2.40. The van der Waals surface area contributed by atoms with Crippen molar-refractivity contribution < 1.29 is 18.1 Å². The van der Waals surface area contributed by atoms with Gasteiger partial charge in [-0.15, -0.1) is 23.2 Å². The third kappa shape index (κ3) is 5.78. The molecule has 0 saturated heterocycles. The van der Waals surface area contributed by atoms with Gasteiger partial charge in [-0.2, -0.15) is 0 Å². The van der Waals surface area contributed by atoms with E-state index in [1.54, 1.807) is 0 Å². The summed E-state index contributed by atoms with van der Waals surface area (Å²) in [6.07, 6.45) is 0. The van der Waals surface area contributed by atoms with E-state index in [0.29, 0.717) is 0 Å². The van der Waals surface area contributed by atoms with Crippen LogP contribution in [-0.4, -0.2) is 25.0 Å². The molecule has 0 saturated carbocycles. The minimum Gasteiger partial charge on any atom is -0.402 e. The Balaban J connectivity index is 2.97. The molecule has 1 aromatic carbocycles. The van der Waals surface area contributed by atoms with Crippen LogP contribution in [0.4, 0.5) is 0 Å². The van der Waals surface area contributed by atoms with Gasteiger partial charge in [0.15, 0.2) is 5.75 Å². The summed E-state index contributed by atoms with van der Waals surface area (Å²) in [4.78, 5) is 0. The summed E-state index contributed by atoms with van der Waals surface area (Å²) in [6, 6.07) is 2.76. The maximum absolute atomic E-state index is 12.3. The fourth-order valence-electron chi connectivity index (χ4n) is 1.10. The zero-order valence-electron chi connectivity index (χ0n) is 9.95. The molecule has 10 heteroatoms. The highest BCUT2D eigenvalue weighted by Gasteiger charge is 2.30. The molecule has 0 atom stereocenters. The van der Waals surface area contributed by atoms with Crippen molar-refractivity contribution in [3.05, 3.63) is 27.2 Å². The van der Waals surface area contributed by atoms with E-state index in [9.17, 15) is 4.57 Å². The summed E-state index contributed by atoms with van der Waals surface area (Å²) in [7, 11) is -3.91. The molecule has 0 fully saturated rings. The minimum absolute atomic E-state index is 0.0170. The summed E-state index contributed by atoms with van der Waals surface area (Å²) in [5.41, 5.74) is 0. The molecule has 0 radical (unpaired) electrons. The van der Waals surface area contributed by atoms with E-state index < -0.39 is 7.82 Å². The van der Waals surface area contributed by atoms with Gasteiger partial charge >= 0.3 is 7.82 Å². The van der Waals surface area contributed by atoms with Crippen LogP contribution in [0, 0.1) is 0 Å². The lowest BCUT2D eigenvalue weighted by molar-refractivity contribution is 0.169. The summed E-state index contributed by atoms with van der Waals surface area (Å²) >= 11 is 28.6. The fourth-order valence-corrected chi connectivity index (χ4v) is 3.34. The van der Waals surface area contributed by atoms with Gasteiger partial charge < -0.3 is 4.52 Å². The molecule has 0 spiro atoms. The second kappa shape index (κ2) is 8.92. The van der Waals surface area contributed by atoms with Crippen LogP contribution in [0.2, 0.25) is 15.1 Å². The van der Waals surface area contributed by atoms with Crippen LogP contribution in [0.25, 0.3) is 0 Å². The first-order chi connectivity index (χ1) is 9.41. The monoisotopic (exact) mass is 400 g/mol. The molecule has 0 bridgehead atoms. The molecule has 4 nitrogen and oxygen atoms in total. The second-order valence-corrected chi connectivity index (χ2v) is 6.85. The number of rotatable bonds is 8. The molecule has 0 aromatic heterocycles. The molecule has 0 aliphatic rings. The molecule has 1 rings (SSSR count). The minimum atomic E-state index is -3.91. The number of phosphoric ester groups is 1. The summed E-state index contributed by atoms with van der Waals surface area (Å²) < 4.78 is 27.5. The Labute approximate surface area is 141 Å². The van der Waals surface area contributed by atoms with Crippen LogP contribution >= 0.6 is 65.8 Å². The highest BCUT2D eigenvalue weighted by molar-refractivity contribution is 7.49. The lowest BCUT2D eigenvalue weighted by atomic mass is 10.3. The Morgan fingerprint density at radius 1 is 1.00 bits per heavy atom. The summed E-state index contributed by atoms with van der Waals surface area (Å²) in [5, 5.41) is 0.450. The molecular formula is C10H10Cl5O4P. The maximum atomic E-state index is 12.3. The predicted octanol–water partition coefficient (Wildman–Crippen LogP) is 5.64. The summed E-state index contributed by atoms with van der Waals surface area (Å²) in [6.45, 7) is -0.0694. The van der Waals surface area contributed by atoms with Crippen LogP contribution < -0.4 is 4.52 Å². The normalized spacial score (nSPS) is 11.7. The second-order valence-electron chi connectivity index (χ2n) is 3.28. The van der Waals surface area contributed by atoms with Crippen LogP contribution in [0.1, 0.15) is 0 Å². The fraction of sp³-hybridized carbons (Fsp3) is 0.400. The largest absolute Gasteiger partial charge is 0.530 e. The number of benzene rings is 1. The van der Waals surface area contributed by atoms with E-state index in [1.807, 2.05) is 0 Å². The first-order valence-corrected chi connectivity index (χ1v) is 8.93. The zero-order chi connectivity index (χ0) is 15.2. The smallest absolute Gasteiger partial charge is 0.402 e. The number of alkyl halides is 2. The lowest BCUT2D eigenvalue weighted by Gasteiger charge is -2.18. The number of hydrogen-bond acceptors (Lipinski definition) is 4. The first-order valence-electron chi connectivity index (χ1n) is 5.27. The van der Waals surface area contributed by atoms with E-state index in [4.69, 9.17) is 71.6 Å². The zero-order valence-corrected chi connectivity index (χ0v) is 14.6. The van der Waals surface area contributed by atoms with Crippen LogP contribution in [-0.2, 0) is 13.6 Å². The van der Waals surface area contributed by atoms with Gasteiger partial charge in [0.1, 0.15) is 5.02 Å². The van der Waals surface area contributed by atoms with Crippen LogP contribution in [0.5, 0.6) is 5.75 Å². The van der Waals surface area contributed by atoms with Crippen molar-refractivity contribution in [3.63, 3.8) is 0 Å². The van der Waals surface area contributed by atoms with Crippen molar-refractivity contribution in [2.45, 2.75) is 0 Å². The van der Waals surface area contributed by atoms with Gasteiger partial charge in [0.2, 0.25) is 0 Å².